The molecule has 0 atom stereocenters. The zero-order valence-electron chi connectivity index (χ0n) is 32.3. The predicted molar refractivity (Wildman–Crippen MR) is 254 cm³/mol. The van der Waals surface area contributed by atoms with Crippen LogP contribution in [0.1, 0.15) is 0 Å². The zero-order chi connectivity index (χ0) is 39.1. The van der Waals surface area contributed by atoms with Crippen molar-refractivity contribution in [1.29, 1.82) is 0 Å². The lowest BCUT2D eigenvalue weighted by molar-refractivity contribution is 1.03. The van der Waals surface area contributed by atoms with E-state index in [9.17, 15) is 0 Å². The Bertz CT molecular complexity index is 3990. The molecule has 13 aromatic rings. The van der Waals surface area contributed by atoms with Gasteiger partial charge in [0.25, 0.3) is 0 Å². The maximum atomic E-state index is 2.55. The van der Waals surface area contributed by atoms with E-state index in [1.165, 1.54) is 114 Å². The highest BCUT2D eigenvalue weighted by Crippen LogP contribution is 2.50. The summed E-state index contributed by atoms with van der Waals surface area (Å²) in [4.78, 5) is 2.54. The van der Waals surface area contributed by atoms with Crippen molar-refractivity contribution < 1.29 is 0 Å². The third-order valence-electron chi connectivity index (χ3n) is 12.9. The summed E-state index contributed by atoms with van der Waals surface area (Å²) in [6, 6.07) is 74.3. The summed E-state index contributed by atoms with van der Waals surface area (Å²) in [5, 5.41) is 13.9. The molecule has 0 spiro atoms. The first-order valence-corrected chi connectivity index (χ1v) is 21.4. The van der Waals surface area contributed by atoms with E-state index >= 15 is 0 Å². The van der Waals surface area contributed by atoms with Gasteiger partial charge in [0, 0.05) is 53.5 Å². The number of nitrogens with zero attached hydrogens (tertiary/aromatic N) is 3. The Balaban J connectivity index is 1.02. The predicted octanol–water partition coefficient (Wildman–Crippen LogP) is 15.4. The maximum absolute atomic E-state index is 2.55. The summed E-state index contributed by atoms with van der Waals surface area (Å²) in [6.45, 7) is 0. The third kappa shape index (κ3) is 4.40. The van der Waals surface area contributed by atoms with Crippen molar-refractivity contribution in [2.45, 2.75) is 9.79 Å². The topological polar surface area (TPSA) is 14.8 Å². The van der Waals surface area contributed by atoms with Crippen molar-refractivity contribution in [3.8, 4) is 28.2 Å². The molecule has 14 rings (SSSR count). The molecule has 0 saturated carbocycles. The van der Waals surface area contributed by atoms with Gasteiger partial charge in [-0.05, 0) is 98.7 Å². The third-order valence-corrected chi connectivity index (χ3v) is 14.0. The van der Waals surface area contributed by atoms with Gasteiger partial charge >= 0.3 is 0 Å². The van der Waals surface area contributed by atoms with Crippen LogP contribution < -0.4 is 0 Å². The number of aromatic nitrogens is 3. The molecule has 4 heteroatoms. The van der Waals surface area contributed by atoms with E-state index in [1.54, 1.807) is 0 Å². The van der Waals surface area contributed by atoms with Crippen molar-refractivity contribution >= 4 is 98.7 Å². The minimum atomic E-state index is 1.15. The van der Waals surface area contributed by atoms with Gasteiger partial charge in [0.15, 0.2) is 0 Å². The Hall–Kier alpha value is -7.53. The molecule has 0 saturated heterocycles. The van der Waals surface area contributed by atoms with Crippen LogP contribution in [0.25, 0.3) is 115 Å². The zero-order valence-corrected chi connectivity index (χ0v) is 33.1. The number of hydrogen-bond acceptors (Lipinski definition) is 1. The normalized spacial score (nSPS) is 12.6. The Labute approximate surface area is 348 Å². The highest BCUT2D eigenvalue weighted by molar-refractivity contribution is 7.99. The Morgan fingerprint density at radius 3 is 1.88 bits per heavy atom. The van der Waals surface area contributed by atoms with Gasteiger partial charge in [-0.3, -0.25) is 9.13 Å². The molecule has 1 aliphatic heterocycles. The molecule has 3 aromatic heterocycles. The van der Waals surface area contributed by atoms with Gasteiger partial charge in [0.1, 0.15) is 5.65 Å². The van der Waals surface area contributed by atoms with E-state index in [-0.39, 0.29) is 0 Å². The van der Waals surface area contributed by atoms with E-state index in [2.05, 4.69) is 214 Å². The number of para-hydroxylation sites is 2. The molecule has 0 radical (unpaired) electrons. The maximum Gasteiger partial charge on any atom is 0.131 e. The van der Waals surface area contributed by atoms with E-state index < -0.39 is 0 Å². The molecule has 0 bridgehead atoms. The molecule has 278 valence electrons. The summed E-state index contributed by atoms with van der Waals surface area (Å²) < 4.78 is 7.54. The molecule has 0 amide bonds. The lowest BCUT2D eigenvalue weighted by Crippen LogP contribution is -2.06. The van der Waals surface area contributed by atoms with Crippen molar-refractivity contribution in [1.82, 2.24) is 13.7 Å². The second-order valence-electron chi connectivity index (χ2n) is 16.1. The summed E-state index contributed by atoms with van der Waals surface area (Å²) >= 11 is 1.88. The van der Waals surface area contributed by atoms with Crippen LogP contribution in [-0.4, -0.2) is 13.7 Å². The molecule has 0 unspecified atom stereocenters. The largest absolute Gasteiger partial charge is 0.309 e. The first-order chi connectivity index (χ1) is 29.7. The van der Waals surface area contributed by atoms with E-state index in [4.69, 9.17) is 0 Å². The molecule has 4 heterocycles. The lowest BCUT2D eigenvalue weighted by Gasteiger charge is -2.22. The molecule has 1 aliphatic rings. The fraction of sp³-hybridized carbons (Fsp3) is 0. The van der Waals surface area contributed by atoms with Crippen LogP contribution in [0, 0.1) is 0 Å². The molecule has 0 N–H and O–H groups in total. The van der Waals surface area contributed by atoms with Crippen molar-refractivity contribution in [3.05, 3.63) is 200 Å². The quantitative estimate of drug-likeness (QED) is 0.174. The SMILES string of the molecule is c1cc(-c2ccc3c(c2)-n2c4c(cccc4c4c5ccccc5n(-c5ccc6ccccc6c5)c42)S3)cc(-n2c3cc4ccccc4cc3c3ccc4ccccc4c32)c1. The van der Waals surface area contributed by atoms with Gasteiger partial charge in [-0.1, -0.05) is 151 Å². The van der Waals surface area contributed by atoms with Crippen LogP contribution in [0.5, 0.6) is 0 Å². The smallest absolute Gasteiger partial charge is 0.131 e. The van der Waals surface area contributed by atoms with Crippen LogP contribution >= 0.6 is 11.8 Å². The molecule has 0 fully saturated rings. The van der Waals surface area contributed by atoms with Crippen LogP contribution in [0.15, 0.2) is 210 Å². The van der Waals surface area contributed by atoms with Gasteiger partial charge in [-0.25, -0.2) is 0 Å². The van der Waals surface area contributed by atoms with Gasteiger partial charge in [0.05, 0.1) is 27.8 Å². The average Bonchev–Trinajstić information content (AvgIpc) is 3.94. The summed E-state index contributed by atoms with van der Waals surface area (Å²) in [7, 11) is 0. The van der Waals surface area contributed by atoms with Crippen molar-refractivity contribution in [2.75, 3.05) is 0 Å². The molecular formula is C56H33N3S. The number of hydrogen-bond donors (Lipinski definition) is 0. The van der Waals surface area contributed by atoms with Crippen molar-refractivity contribution in [2.24, 2.45) is 0 Å². The molecule has 3 nitrogen and oxygen atoms in total. The fourth-order valence-electron chi connectivity index (χ4n) is 10.3. The number of fused-ring (bicyclic) bond motifs is 14. The highest BCUT2D eigenvalue weighted by atomic mass is 32.2. The second kappa shape index (κ2) is 12.0. The van der Waals surface area contributed by atoms with Crippen LogP contribution in [0.2, 0.25) is 0 Å². The van der Waals surface area contributed by atoms with Crippen molar-refractivity contribution in [3.63, 3.8) is 0 Å². The minimum absolute atomic E-state index is 1.15. The molecular weight excluding hydrogens is 747 g/mol. The monoisotopic (exact) mass is 779 g/mol. The van der Waals surface area contributed by atoms with Crippen LogP contribution in [0.4, 0.5) is 0 Å². The summed E-state index contributed by atoms with van der Waals surface area (Å²) in [6.07, 6.45) is 0. The summed E-state index contributed by atoms with van der Waals surface area (Å²) in [5.74, 6) is 0. The van der Waals surface area contributed by atoms with Crippen LogP contribution in [-0.2, 0) is 0 Å². The molecule has 10 aromatic carbocycles. The standard InChI is InChI=1S/C56H33N3S/c1-2-13-36-29-42(26-23-34(36)11-1)58-48-21-8-7-19-45(48)53-46-20-10-22-52-55(46)59(56(53)58)50-33-40(25-28-51(50)60-52)37-16-9-17-41(30-37)57-49-32-39-15-4-3-14-38(39)31-47(49)44-27-24-35-12-5-6-18-43(35)54(44)57/h1-33H. The summed E-state index contributed by atoms with van der Waals surface area (Å²) in [5.41, 5.74) is 12.0. The van der Waals surface area contributed by atoms with E-state index in [0.29, 0.717) is 0 Å². The number of benzene rings is 10. The first-order valence-electron chi connectivity index (χ1n) is 20.6. The van der Waals surface area contributed by atoms with E-state index in [1.807, 2.05) is 11.8 Å². The van der Waals surface area contributed by atoms with Gasteiger partial charge in [0.2, 0.25) is 0 Å². The molecule has 60 heavy (non-hydrogen) atoms. The lowest BCUT2D eigenvalue weighted by atomic mass is 10.0. The number of rotatable bonds is 3. The Morgan fingerprint density at radius 1 is 0.317 bits per heavy atom. The second-order valence-corrected chi connectivity index (χ2v) is 17.2. The van der Waals surface area contributed by atoms with Gasteiger partial charge in [-0.15, -0.1) is 0 Å². The van der Waals surface area contributed by atoms with Gasteiger partial charge in [-0.2, -0.15) is 0 Å². The van der Waals surface area contributed by atoms with Gasteiger partial charge < -0.3 is 4.57 Å². The highest BCUT2D eigenvalue weighted by Gasteiger charge is 2.28. The van der Waals surface area contributed by atoms with Crippen LogP contribution in [0.3, 0.4) is 0 Å². The molecule has 0 aliphatic carbocycles. The van der Waals surface area contributed by atoms with E-state index in [0.717, 1.165) is 11.4 Å². The Kier molecular flexibility index (Phi) is 6.49. The minimum Gasteiger partial charge on any atom is -0.309 e. The Morgan fingerprint density at radius 2 is 1.00 bits per heavy atom. The fourth-order valence-corrected chi connectivity index (χ4v) is 11.4. The average molecular weight is 780 g/mol. The first kappa shape index (κ1) is 32.4.